The first-order chi connectivity index (χ1) is 7.59. The molecule has 1 unspecified atom stereocenters. The Kier molecular flexibility index (Phi) is 2.64. The number of hydrogen-bond donors (Lipinski definition) is 1. The van der Waals surface area contributed by atoms with Gasteiger partial charge in [-0.1, -0.05) is 0 Å². The first kappa shape index (κ1) is 10.7. The Morgan fingerprint density at radius 2 is 2.31 bits per heavy atom. The summed E-state index contributed by atoms with van der Waals surface area (Å²) < 4.78 is 1.50. The monoisotopic (exact) mass is 223 g/mol. The number of carboxylic acids is 1. The summed E-state index contributed by atoms with van der Waals surface area (Å²) in [6, 6.07) is 1.64. The molecule has 1 aromatic heterocycles. The van der Waals surface area contributed by atoms with Crippen molar-refractivity contribution in [2.75, 3.05) is 13.1 Å². The van der Waals surface area contributed by atoms with Crippen LogP contribution in [-0.2, 0) is 11.8 Å². The van der Waals surface area contributed by atoms with Crippen molar-refractivity contribution in [3.05, 3.63) is 18.0 Å². The minimum Gasteiger partial charge on any atom is -0.481 e. The van der Waals surface area contributed by atoms with Crippen LogP contribution in [0, 0.1) is 5.92 Å². The van der Waals surface area contributed by atoms with Gasteiger partial charge in [0.25, 0.3) is 5.91 Å². The summed E-state index contributed by atoms with van der Waals surface area (Å²) in [5.41, 5.74) is 0.492. The number of likely N-dealkylation sites (tertiary alicyclic amines) is 1. The van der Waals surface area contributed by atoms with Crippen molar-refractivity contribution < 1.29 is 14.7 Å². The number of carboxylic acid groups (broad SMARTS) is 1. The van der Waals surface area contributed by atoms with Gasteiger partial charge in [0.15, 0.2) is 0 Å². The quantitative estimate of drug-likeness (QED) is 0.763. The maximum Gasteiger partial charge on any atom is 0.308 e. The minimum absolute atomic E-state index is 0.149. The first-order valence-electron chi connectivity index (χ1n) is 5.09. The maximum absolute atomic E-state index is 12.0. The molecule has 2 heterocycles. The molecule has 2 rings (SSSR count). The Bertz CT molecular complexity index is 427. The molecule has 0 aliphatic carbocycles. The van der Waals surface area contributed by atoms with Gasteiger partial charge >= 0.3 is 5.97 Å². The average Bonchev–Trinajstić information content (AvgIpc) is 2.84. The second-order valence-electron chi connectivity index (χ2n) is 3.92. The van der Waals surface area contributed by atoms with Gasteiger partial charge in [-0.15, -0.1) is 0 Å². The molecule has 1 fully saturated rings. The maximum atomic E-state index is 12.0. The normalized spacial score (nSPS) is 20.1. The Morgan fingerprint density at radius 3 is 2.81 bits per heavy atom. The van der Waals surface area contributed by atoms with Gasteiger partial charge in [-0.05, 0) is 12.5 Å². The van der Waals surface area contributed by atoms with Crippen LogP contribution in [0.3, 0.4) is 0 Å². The van der Waals surface area contributed by atoms with Gasteiger partial charge in [-0.3, -0.25) is 14.3 Å². The van der Waals surface area contributed by atoms with Crippen LogP contribution < -0.4 is 0 Å². The molecule has 16 heavy (non-hydrogen) atoms. The topological polar surface area (TPSA) is 75.4 Å². The molecule has 0 aromatic carbocycles. The molecule has 1 atom stereocenters. The fourth-order valence-electron chi connectivity index (χ4n) is 1.89. The van der Waals surface area contributed by atoms with Gasteiger partial charge in [0.2, 0.25) is 0 Å². The highest BCUT2D eigenvalue weighted by Crippen LogP contribution is 2.18. The van der Waals surface area contributed by atoms with Gasteiger partial charge in [-0.2, -0.15) is 5.10 Å². The fourth-order valence-corrected chi connectivity index (χ4v) is 1.89. The van der Waals surface area contributed by atoms with Gasteiger partial charge in [-0.25, -0.2) is 0 Å². The van der Waals surface area contributed by atoms with Crippen molar-refractivity contribution in [3.63, 3.8) is 0 Å². The third-order valence-electron chi connectivity index (χ3n) is 2.86. The van der Waals surface area contributed by atoms with Crippen molar-refractivity contribution in [2.45, 2.75) is 6.42 Å². The molecular formula is C10H13N3O3. The lowest BCUT2D eigenvalue weighted by molar-refractivity contribution is -0.141. The highest BCUT2D eigenvalue weighted by atomic mass is 16.4. The van der Waals surface area contributed by atoms with E-state index in [1.807, 2.05) is 0 Å². The van der Waals surface area contributed by atoms with Crippen molar-refractivity contribution in [2.24, 2.45) is 13.0 Å². The molecule has 0 saturated carbocycles. The second kappa shape index (κ2) is 3.96. The average molecular weight is 223 g/mol. The zero-order valence-electron chi connectivity index (χ0n) is 8.96. The highest BCUT2D eigenvalue weighted by molar-refractivity contribution is 5.93. The van der Waals surface area contributed by atoms with Gasteiger partial charge in [0.1, 0.15) is 5.69 Å². The number of amides is 1. The van der Waals surface area contributed by atoms with E-state index in [9.17, 15) is 9.59 Å². The van der Waals surface area contributed by atoms with Crippen LogP contribution in [0.4, 0.5) is 0 Å². The van der Waals surface area contributed by atoms with Crippen LogP contribution in [-0.4, -0.2) is 44.8 Å². The highest BCUT2D eigenvalue weighted by Gasteiger charge is 2.32. The van der Waals surface area contributed by atoms with E-state index in [0.717, 1.165) is 0 Å². The SMILES string of the molecule is Cn1nccc1C(=O)N1CCC(C(=O)O)C1. The molecular weight excluding hydrogens is 210 g/mol. The Hall–Kier alpha value is -1.85. The van der Waals surface area contributed by atoms with E-state index in [1.54, 1.807) is 24.2 Å². The zero-order chi connectivity index (χ0) is 11.7. The predicted octanol–water partition coefficient (Wildman–Crippen LogP) is -0.0332. The molecule has 6 heteroatoms. The largest absolute Gasteiger partial charge is 0.481 e. The molecule has 1 amide bonds. The third kappa shape index (κ3) is 1.78. The van der Waals surface area contributed by atoms with E-state index < -0.39 is 11.9 Å². The zero-order valence-corrected chi connectivity index (χ0v) is 8.96. The Labute approximate surface area is 92.5 Å². The van der Waals surface area contributed by atoms with Crippen LogP contribution in [0.2, 0.25) is 0 Å². The molecule has 6 nitrogen and oxygen atoms in total. The number of nitrogens with zero attached hydrogens (tertiary/aromatic N) is 3. The smallest absolute Gasteiger partial charge is 0.308 e. The summed E-state index contributed by atoms with van der Waals surface area (Å²) >= 11 is 0. The van der Waals surface area contributed by atoms with Gasteiger partial charge < -0.3 is 10.0 Å². The molecule has 1 aliphatic rings. The molecule has 86 valence electrons. The molecule has 1 aliphatic heterocycles. The number of aliphatic carboxylic acids is 1. The molecule has 0 bridgehead atoms. The lowest BCUT2D eigenvalue weighted by Gasteiger charge is -2.15. The van der Waals surface area contributed by atoms with E-state index in [1.165, 1.54) is 4.68 Å². The number of aromatic nitrogens is 2. The summed E-state index contributed by atoms with van der Waals surface area (Å²) in [6.07, 6.45) is 2.08. The van der Waals surface area contributed by atoms with E-state index in [0.29, 0.717) is 25.2 Å². The summed E-state index contributed by atoms with van der Waals surface area (Å²) in [5, 5.41) is 12.8. The van der Waals surface area contributed by atoms with Gasteiger partial charge in [0.05, 0.1) is 5.92 Å². The molecule has 0 radical (unpaired) electrons. The molecule has 1 aromatic rings. The van der Waals surface area contributed by atoms with Crippen molar-refractivity contribution in [1.82, 2.24) is 14.7 Å². The van der Waals surface area contributed by atoms with Crippen LogP contribution in [0.5, 0.6) is 0 Å². The summed E-state index contributed by atoms with van der Waals surface area (Å²) in [5.74, 6) is -1.42. The number of rotatable bonds is 2. The number of hydrogen-bond acceptors (Lipinski definition) is 3. The van der Waals surface area contributed by atoms with Crippen molar-refractivity contribution >= 4 is 11.9 Å². The standard InChI is InChI=1S/C10H13N3O3/c1-12-8(2-4-11-12)9(14)13-5-3-7(6-13)10(15)16/h2,4,7H,3,5-6H2,1H3,(H,15,16). The van der Waals surface area contributed by atoms with Crippen molar-refractivity contribution in [1.29, 1.82) is 0 Å². The van der Waals surface area contributed by atoms with Crippen LogP contribution in [0.1, 0.15) is 16.9 Å². The molecule has 1 saturated heterocycles. The van der Waals surface area contributed by atoms with Crippen LogP contribution in [0.25, 0.3) is 0 Å². The number of carbonyl (C=O) groups is 2. The van der Waals surface area contributed by atoms with Crippen LogP contribution in [0.15, 0.2) is 12.3 Å². The minimum atomic E-state index is -0.833. The predicted molar refractivity (Wildman–Crippen MR) is 54.9 cm³/mol. The van der Waals surface area contributed by atoms with Gasteiger partial charge in [0, 0.05) is 26.3 Å². The van der Waals surface area contributed by atoms with E-state index in [2.05, 4.69) is 5.10 Å². The summed E-state index contributed by atoms with van der Waals surface area (Å²) in [7, 11) is 1.69. The lowest BCUT2D eigenvalue weighted by Crippen LogP contribution is -2.31. The Morgan fingerprint density at radius 1 is 1.56 bits per heavy atom. The lowest BCUT2D eigenvalue weighted by atomic mass is 10.1. The number of aryl methyl sites for hydroxylation is 1. The molecule has 0 spiro atoms. The molecule has 1 N–H and O–H groups in total. The second-order valence-corrected chi connectivity index (χ2v) is 3.92. The van der Waals surface area contributed by atoms with Crippen molar-refractivity contribution in [3.8, 4) is 0 Å². The first-order valence-corrected chi connectivity index (χ1v) is 5.09. The van der Waals surface area contributed by atoms with E-state index in [4.69, 9.17) is 5.11 Å². The summed E-state index contributed by atoms with van der Waals surface area (Å²) in [4.78, 5) is 24.3. The fraction of sp³-hybridized carbons (Fsp3) is 0.500. The third-order valence-corrected chi connectivity index (χ3v) is 2.86. The van der Waals surface area contributed by atoms with E-state index >= 15 is 0 Å². The van der Waals surface area contributed by atoms with Crippen LogP contribution >= 0.6 is 0 Å². The summed E-state index contributed by atoms with van der Waals surface area (Å²) in [6.45, 7) is 0.792. The van der Waals surface area contributed by atoms with E-state index in [-0.39, 0.29) is 5.91 Å². The Balaban J connectivity index is 2.08. The number of carbonyl (C=O) groups excluding carboxylic acids is 1.